The summed E-state index contributed by atoms with van der Waals surface area (Å²) in [5, 5.41) is 1.39. The molecule has 0 saturated carbocycles. The van der Waals surface area contributed by atoms with Crippen LogP contribution in [-0.4, -0.2) is 84.6 Å². The number of ether oxygens (including phenoxy) is 2. The number of hydrogen-bond acceptors (Lipinski definition) is 5. The van der Waals surface area contributed by atoms with Crippen LogP contribution in [0.25, 0.3) is 0 Å². The second-order valence-corrected chi connectivity index (χ2v) is 14.6. The molecule has 2 amide bonds. The van der Waals surface area contributed by atoms with E-state index in [1.165, 1.54) is 5.56 Å². The molecule has 7 nitrogen and oxygen atoms in total. The van der Waals surface area contributed by atoms with Crippen LogP contribution in [0.15, 0.2) is 70.7 Å². The minimum absolute atomic E-state index is 0.0164. The Kier molecular flexibility index (Phi) is 10.1. The highest BCUT2D eigenvalue weighted by Crippen LogP contribution is 2.43. The monoisotopic (exact) mass is 664 g/mol. The molecule has 0 radical (unpaired) electrons. The third-order valence-corrected chi connectivity index (χ3v) is 10.3. The van der Waals surface area contributed by atoms with Crippen LogP contribution in [0.5, 0.6) is 5.75 Å². The molecule has 1 unspecified atom stereocenters. The summed E-state index contributed by atoms with van der Waals surface area (Å²) in [6.07, 6.45) is 8.78. The number of morpholine rings is 1. The fraction of sp³-hybridized carbons (Fsp3) is 0.514. The van der Waals surface area contributed by atoms with Crippen molar-refractivity contribution in [3.8, 4) is 5.75 Å². The average Bonchev–Trinajstić information content (AvgIpc) is 3.45. The predicted molar refractivity (Wildman–Crippen MR) is 186 cm³/mol. The zero-order chi connectivity index (χ0) is 32.4. The molecule has 9 heteroatoms. The van der Waals surface area contributed by atoms with Crippen molar-refractivity contribution >= 4 is 35.1 Å². The van der Waals surface area contributed by atoms with Gasteiger partial charge in [-0.2, -0.15) is 0 Å². The molecule has 2 fully saturated rings. The number of urea groups is 1. The summed E-state index contributed by atoms with van der Waals surface area (Å²) in [7, 11) is 0. The van der Waals surface area contributed by atoms with Crippen LogP contribution in [-0.2, 0) is 10.2 Å². The van der Waals surface area contributed by atoms with Crippen molar-refractivity contribution in [3.05, 3.63) is 87.4 Å². The highest BCUT2D eigenvalue weighted by atomic mass is 35.5. The molecule has 3 aliphatic heterocycles. The summed E-state index contributed by atoms with van der Waals surface area (Å²) in [6.45, 7) is 14.0. The number of piperidine rings is 1. The SMILES string of the molecule is CCOc1cc(C(C)(C)C)ccc1C1=N[C@@H](C2C=CC(Cl)=CC2)[C@@H](c2ccc(Cl)cc2)N1C(=O)N1CCC(N2CCOCC2)CC1. The number of carbonyl (C=O) groups excluding carboxylic acids is 1. The first-order valence-electron chi connectivity index (χ1n) is 16.7. The van der Waals surface area contributed by atoms with Crippen molar-refractivity contribution < 1.29 is 14.3 Å². The zero-order valence-electron chi connectivity index (χ0n) is 27.4. The Balaban J connectivity index is 1.41. The average molecular weight is 666 g/mol. The van der Waals surface area contributed by atoms with Crippen molar-refractivity contribution in [1.29, 1.82) is 0 Å². The van der Waals surface area contributed by atoms with E-state index in [-0.39, 0.29) is 29.4 Å². The molecule has 0 bridgehead atoms. The number of amidine groups is 1. The normalized spacial score (nSPS) is 24.6. The first-order chi connectivity index (χ1) is 22.1. The van der Waals surface area contributed by atoms with Gasteiger partial charge in [-0.05, 0) is 73.1 Å². The van der Waals surface area contributed by atoms with Gasteiger partial charge in [0.05, 0.1) is 37.5 Å². The van der Waals surface area contributed by atoms with E-state index in [9.17, 15) is 4.79 Å². The maximum Gasteiger partial charge on any atom is 0.326 e. The number of amides is 2. The Morgan fingerprint density at radius 1 is 1.02 bits per heavy atom. The number of nitrogens with zero attached hydrogens (tertiary/aromatic N) is 4. The molecule has 246 valence electrons. The van der Waals surface area contributed by atoms with Gasteiger partial charge in [0.25, 0.3) is 0 Å². The number of halogens is 2. The number of allylic oxidation sites excluding steroid dienone is 3. The number of benzene rings is 2. The van der Waals surface area contributed by atoms with Gasteiger partial charge in [-0.1, -0.05) is 74.3 Å². The lowest BCUT2D eigenvalue weighted by molar-refractivity contribution is 0.00292. The molecular formula is C37H46Cl2N4O3. The Morgan fingerprint density at radius 2 is 1.74 bits per heavy atom. The van der Waals surface area contributed by atoms with Crippen LogP contribution < -0.4 is 4.74 Å². The molecule has 46 heavy (non-hydrogen) atoms. The van der Waals surface area contributed by atoms with Crippen LogP contribution in [0.1, 0.15) is 69.7 Å². The highest BCUT2D eigenvalue weighted by molar-refractivity contribution is 6.31. The van der Waals surface area contributed by atoms with Gasteiger partial charge in [-0.15, -0.1) is 0 Å². The topological polar surface area (TPSA) is 57.6 Å². The van der Waals surface area contributed by atoms with Gasteiger partial charge in [0.2, 0.25) is 0 Å². The second-order valence-electron chi connectivity index (χ2n) is 13.7. The molecule has 2 aromatic rings. The summed E-state index contributed by atoms with van der Waals surface area (Å²) in [6, 6.07) is 14.1. The summed E-state index contributed by atoms with van der Waals surface area (Å²) < 4.78 is 11.9. The van der Waals surface area contributed by atoms with E-state index >= 15 is 0 Å². The Labute approximate surface area is 283 Å². The molecule has 2 aromatic carbocycles. The summed E-state index contributed by atoms with van der Waals surface area (Å²) in [5.74, 6) is 1.46. The van der Waals surface area contributed by atoms with Gasteiger partial charge in [-0.3, -0.25) is 14.8 Å². The number of rotatable bonds is 6. The molecule has 3 heterocycles. The van der Waals surface area contributed by atoms with Crippen molar-refractivity contribution in [2.75, 3.05) is 46.0 Å². The van der Waals surface area contributed by atoms with Crippen LogP contribution >= 0.6 is 23.2 Å². The minimum atomic E-state index is -0.326. The van der Waals surface area contributed by atoms with E-state index in [0.717, 1.165) is 67.5 Å². The standard InChI is InChI=1S/C37H46Cl2N4O3/c1-5-46-32-24-27(37(2,3)4)10-15-31(32)35-40-33(25-6-11-28(38)12-7-25)34(26-8-13-29(39)14-9-26)43(35)36(44)42-18-16-30(17-19-42)41-20-22-45-23-21-41/h6,8-15,24-25,30,33-34H,5,7,16-23H2,1-4H3/t25?,33-,34+/m0/s1. The molecule has 1 aliphatic carbocycles. The highest BCUT2D eigenvalue weighted by Gasteiger charge is 2.47. The van der Waals surface area contributed by atoms with E-state index in [1.54, 1.807) is 0 Å². The van der Waals surface area contributed by atoms with Crippen LogP contribution in [0.2, 0.25) is 5.02 Å². The number of likely N-dealkylation sites (tertiary alicyclic amines) is 1. The maximum absolute atomic E-state index is 14.9. The van der Waals surface area contributed by atoms with Gasteiger partial charge in [-0.25, -0.2) is 4.79 Å². The third-order valence-electron chi connectivity index (χ3n) is 9.73. The van der Waals surface area contributed by atoms with Gasteiger partial charge >= 0.3 is 6.03 Å². The molecule has 0 spiro atoms. The second kappa shape index (κ2) is 14.1. The fourth-order valence-corrected chi connectivity index (χ4v) is 7.42. The molecular weight excluding hydrogens is 619 g/mol. The molecule has 0 aromatic heterocycles. The van der Waals surface area contributed by atoms with Crippen molar-refractivity contribution in [2.45, 2.75) is 70.5 Å². The molecule has 0 N–H and O–H groups in total. The predicted octanol–water partition coefficient (Wildman–Crippen LogP) is 7.82. The maximum atomic E-state index is 14.9. The number of hydrogen-bond donors (Lipinski definition) is 0. The first-order valence-corrected chi connectivity index (χ1v) is 17.4. The van der Waals surface area contributed by atoms with Crippen molar-refractivity contribution in [3.63, 3.8) is 0 Å². The van der Waals surface area contributed by atoms with Crippen LogP contribution in [0, 0.1) is 5.92 Å². The Hall–Kier alpha value is -2.84. The zero-order valence-corrected chi connectivity index (χ0v) is 28.9. The fourth-order valence-electron chi connectivity index (χ4n) is 7.13. The Morgan fingerprint density at radius 3 is 2.37 bits per heavy atom. The van der Waals surface area contributed by atoms with Gasteiger partial charge in [0.1, 0.15) is 11.6 Å². The van der Waals surface area contributed by atoms with Crippen LogP contribution in [0.4, 0.5) is 4.79 Å². The number of carbonyl (C=O) groups is 1. The smallest absolute Gasteiger partial charge is 0.326 e. The van der Waals surface area contributed by atoms with E-state index < -0.39 is 0 Å². The third kappa shape index (κ3) is 7.03. The van der Waals surface area contributed by atoms with Crippen molar-refractivity contribution in [2.24, 2.45) is 10.9 Å². The molecule has 4 aliphatic rings. The lowest BCUT2D eigenvalue weighted by Crippen LogP contribution is -2.54. The van der Waals surface area contributed by atoms with E-state index in [1.807, 2.05) is 53.1 Å². The van der Waals surface area contributed by atoms with Gasteiger partial charge in [0, 0.05) is 48.2 Å². The van der Waals surface area contributed by atoms with E-state index in [4.69, 9.17) is 37.7 Å². The number of aliphatic imine (C=N–C) groups is 1. The lowest BCUT2D eigenvalue weighted by atomic mass is 9.85. The van der Waals surface area contributed by atoms with Crippen LogP contribution in [0.3, 0.4) is 0 Å². The van der Waals surface area contributed by atoms with E-state index in [2.05, 4.69) is 49.9 Å². The molecule has 3 atom stereocenters. The summed E-state index contributed by atoms with van der Waals surface area (Å²) in [5.41, 5.74) is 2.95. The summed E-state index contributed by atoms with van der Waals surface area (Å²) >= 11 is 12.7. The quantitative estimate of drug-likeness (QED) is 0.316. The summed E-state index contributed by atoms with van der Waals surface area (Å²) in [4.78, 5) is 26.9. The van der Waals surface area contributed by atoms with Crippen molar-refractivity contribution in [1.82, 2.24) is 14.7 Å². The minimum Gasteiger partial charge on any atom is -0.493 e. The van der Waals surface area contributed by atoms with Gasteiger partial charge in [0.15, 0.2) is 0 Å². The molecule has 2 saturated heterocycles. The van der Waals surface area contributed by atoms with Gasteiger partial charge < -0.3 is 14.4 Å². The first kappa shape index (κ1) is 33.1. The largest absolute Gasteiger partial charge is 0.493 e. The Bertz CT molecular complexity index is 1480. The van der Waals surface area contributed by atoms with E-state index in [0.29, 0.717) is 36.6 Å². The lowest BCUT2D eigenvalue weighted by Gasteiger charge is -2.42. The molecule has 6 rings (SSSR count).